The molecule has 3 rings (SSSR count). The van der Waals surface area contributed by atoms with E-state index in [0.29, 0.717) is 35.0 Å². The second kappa shape index (κ2) is 11.2. The number of carbonyl (C=O) groups is 2. The van der Waals surface area contributed by atoms with E-state index in [1.807, 2.05) is 54.6 Å². The lowest BCUT2D eigenvalue weighted by Gasteiger charge is -2.27. The molecule has 7 heteroatoms. The molecule has 158 valence electrons. The number of hydrogen-bond donors (Lipinski definition) is 2. The number of nitrogens with zero attached hydrogens (tertiary/aromatic N) is 2. The number of carboxylic acid groups (broad SMARTS) is 2. The normalized spacial score (nSPS) is 15.9. The largest absolute Gasteiger partial charge is 0.478 e. The van der Waals surface area contributed by atoms with Crippen LogP contribution >= 0.6 is 11.6 Å². The van der Waals surface area contributed by atoms with Crippen LogP contribution in [0.25, 0.3) is 12.2 Å². The van der Waals surface area contributed by atoms with Crippen molar-refractivity contribution in [1.29, 1.82) is 0 Å². The van der Waals surface area contributed by atoms with Crippen LogP contribution in [-0.4, -0.2) is 54.1 Å². The molecule has 0 unspecified atom stereocenters. The van der Waals surface area contributed by atoms with Crippen LogP contribution in [0, 0.1) is 0 Å². The van der Waals surface area contributed by atoms with Gasteiger partial charge in [0.15, 0.2) is 0 Å². The maximum Gasteiger partial charge on any atom is 0.328 e. The number of para-hydroxylation sites is 1. The van der Waals surface area contributed by atoms with E-state index in [1.165, 1.54) is 0 Å². The molecule has 1 aliphatic rings. The Morgan fingerprint density at radius 3 is 2.30 bits per heavy atom. The lowest BCUT2D eigenvalue weighted by Crippen LogP contribution is -2.24. The van der Waals surface area contributed by atoms with E-state index in [4.69, 9.17) is 30.0 Å². The molecule has 0 spiro atoms. The van der Waals surface area contributed by atoms with E-state index in [1.54, 1.807) is 0 Å². The Hall–Kier alpha value is -3.09. The van der Waals surface area contributed by atoms with E-state index < -0.39 is 25.9 Å². The second-order valence-electron chi connectivity index (χ2n) is 6.26. The van der Waals surface area contributed by atoms with Gasteiger partial charge in [0.05, 0.1) is 0 Å². The molecule has 0 bridgehead atoms. The molecule has 2 aromatic rings. The summed E-state index contributed by atoms with van der Waals surface area (Å²) in [5.74, 6) is -2.51. The molecule has 2 aromatic carbocycles. The Labute approximate surface area is 189 Å². The molecule has 0 amide bonds. The Morgan fingerprint density at radius 2 is 1.67 bits per heavy atom. The number of fused-ring (bicyclic) bond motifs is 2. The van der Waals surface area contributed by atoms with E-state index in [2.05, 4.69) is 4.90 Å². The Balaban J connectivity index is 0.000000493. The Morgan fingerprint density at radius 1 is 1.03 bits per heavy atom. The SMILES string of the molecule is O=C(O)C=CC(=O)O.[2H]C([2H])([2H])N(CCCN1c2ccccc2C=Cc2ccc(Cl)cc21)C([2H])([2H])[2H]. The minimum absolute atomic E-state index is 0.0744. The number of halogens is 1. The standard InChI is InChI=1S/C19H21ClN2.C4H4O4/c1-21(2)12-5-13-22-18-7-4-3-6-15(18)8-9-16-10-11-17(20)14-19(16)22;5-3(6)1-2-4(7)8/h3-4,6-11,14H,5,12-13H2,1-2H3;1-2H,(H,5,6)(H,7,8)/i1D3,2D3;. The highest BCUT2D eigenvalue weighted by molar-refractivity contribution is 6.31. The van der Waals surface area contributed by atoms with Crippen molar-refractivity contribution in [1.82, 2.24) is 4.90 Å². The molecule has 6 nitrogen and oxygen atoms in total. The third-order valence-electron chi connectivity index (χ3n) is 4.09. The topological polar surface area (TPSA) is 81.1 Å². The first-order valence-corrected chi connectivity index (χ1v) is 9.34. The van der Waals surface area contributed by atoms with Gasteiger partial charge in [-0.25, -0.2) is 9.59 Å². The number of rotatable bonds is 6. The van der Waals surface area contributed by atoms with Crippen LogP contribution in [0.4, 0.5) is 11.4 Å². The van der Waals surface area contributed by atoms with E-state index >= 15 is 0 Å². The third-order valence-corrected chi connectivity index (χ3v) is 4.32. The van der Waals surface area contributed by atoms with Gasteiger partial charge in [-0.1, -0.05) is 48.0 Å². The summed E-state index contributed by atoms with van der Waals surface area (Å²) in [5.41, 5.74) is 3.89. The first-order valence-electron chi connectivity index (χ1n) is 12.0. The molecule has 1 aliphatic heterocycles. The predicted octanol–water partition coefficient (Wildman–Crippen LogP) is 4.63. The summed E-state index contributed by atoms with van der Waals surface area (Å²) in [6.45, 7) is -4.97. The van der Waals surface area contributed by atoms with Gasteiger partial charge in [0, 0.05) is 43.3 Å². The van der Waals surface area contributed by atoms with Crippen molar-refractivity contribution in [2.24, 2.45) is 0 Å². The van der Waals surface area contributed by atoms with E-state index in [9.17, 15) is 9.59 Å². The zero-order chi connectivity index (χ0) is 27.1. The molecule has 0 atom stereocenters. The van der Waals surface area contributed by atoms with Crippen molar-refractivity contribution in [3.8, 4) is 0 Å². The lowest BCUT2D eigenvalue weighted by atomic mass is 10.1. The van der Waals surface area contributed by atoms with Crippen molar-refractivity contribution in [2.45, 2.75) is 6.42 Å². The zero-order valence-corrected chi connectivity index (χ0v) is 16.7. The third kappa shape index (κ3) is 7.06. The minimum atomic E-state index is -2.68. The fourth-order valence-electron chi connectivity index (χ4n) is 2.85. The van der Waals surface area contributed by atoms with Crippen LogP contribution in [0.2, 0.25) is 5.02 Å². The first-order chi connectivity index (χ1) is 16.7. The molecule has 0 saturated carbocycles. The highest BCUT2D eigenvalue weighted by atomic mass is 35.5. The van der Waals surface area contributed by atoms with Crippen LogP contribution in [0.5, 0.6) is 0 Å². The first kappa shape index (κ1) is 15.7. The van der Waals surface area contributed by atoms with Crippen molar-refractivity contribution in [3.63, 3.8) is 0 Å². The maximum absolute atomic E-state index is 9.55. The summed E-state index contributed by atoms with van der Waals surface area (Å²) >= 11 is 6.22. The number of benzene rings is 2. The quantitative estimate of drug-likeness (QED) is 0.645. The zero-order valence-electron chi connectivity index (χ0n) is 22.0. The second-order valence-corrected chi connectivity index (χ2v) is 6.70. The van der Waals surface area contributed by atoms with Crippen molar-refractivity contribution in [3.05, 3.63) is 70.8 Å². The van der Waals surface area contributed by atoms with E-state index in [0.717, 1.165) is 22.5 Å². The molecule has 0 fully saturated rings. The van der Waals surface area contributed by atoms with Gasteiger partial charge in [-0.15, -0.1) is 0 Å². The monoisotopic (exact) mass is 434 g/mol. The fourth-order valence-corrected chi connectivity index (χ4v) is 3.01. The van der Waals surface area contributed by atoms with Crippen molar-refractivity contribution >= 4 is 47.1 Å². The molecule has 30 heavy (non-hydrogen) atoms. The summed E-state index contributed by atoms with van der Waals surface area (Å²) in [5, 5.41) is 16.2. The maximum atomic E-state index is 9.55. The van der Waals surface area contributed by atoms with Gasteiger partial charge in [-0.3, -0.25) is 0 Å². The molecule has 0 aliphatic carbocycles. The number of anilines is 2. The Kier molecular flexibility index (Phi) is 5.86. The summed E-state index contributed by atoms with van der Waals surface area (Å²) in [6, 6.07) is 13.5. The summed E-state index contributed by atoms with van der Waals surface area (Å²) < 4.78 is 45.1. The molecule has 1 heterocycles. The summed E-state index contributed by atoms with van der Waals surface area (Å²) in [7, 11) is 0. The number of carboxylic acids is 2. The van der Waals surface area contributed by atoms with Gasteiger partial charge < -0.3 is 20.0 Å². The average molecular weight is 435 g/mol. The van der Waals surface area contributed by atoms with Crippen LogP contribution in [0.3, 0.4) is 0 Å². The van der Waals surface area contributed by atoms with Crippen LogP contribution < -0.4 is 4.90 Å². The van der Waals surface area contributed by atoms with Gasteiger partial charge in [0.1, 0.15) is 0 Å². The fraction of sp³-hybridized carbons (Fsp3) is 0.217. The lowest BCUT2D eigenvalue weighted by molar-refractivity contribution is -0.134. The predicted molar refractivity (Wildman–Crippen MR) is 121 cm³/mol. The van der Waals surface area contributed by atoms with Crippen molar-refractivity contribution in [2.75, 3.05) is 31.9 Å². The van der Waals surface area contributed by atoms with Crippen LogP contribution in [0.1, 0.15) is 25.8 Å². The van der Waals surface area contributed by atoms with Gasteiger partial charge in [-0.2, -0.15) is 0 Å². The molecule has 0 aromatic heterocycles. The van der Waals surface area contributed by atoms with Gasteiger partial charge >= 0.3 is 11.9 Å². The smallest absolute Gasteiger partial charge is 0.328 e. The van der Waals surface area contributed by atoms with Crippen LogP contribution in [0.15, 0.2) is 54.6 Å². The Bertz CT molecular complexity index is 1120. The summed E-state index contributed by atoms with van der Waals surface area (Å²) in [4.78, 5) is 21.8. The molecule has 0 saturated heterocycles. The van der Waals surface area contributed by atoms with Crippen LogP contribution in [-0.2, 0) is 9.59 Å². The molecule has 0 radical (unpaired) electrons. The molecular formula is C23H25ClN2O4. The average Bonchev–Trinajstić information content (AvgIpc) is 2.90. The van der Waals surface area contributed by atoms with Gasteiger partial charge in [0.25, 0.3) is 0 Å². The highest BCUT2D eigenvalue weighted by Gasteiger charge is 2.17. The van der Waals surface area contributed by atoms with Crippen molar-refractivity contribution < 1.29 is 28.0 Å². The molecule has 2 N–H and O–H groups in total. The van der Waals surface area contributed by atoms with E-state index in [-0.39, 0.29) is 6.54 Å². The highest BCUT2D eigenvalue weighted by Crippen LogP contribution is 2.37. The minimum Gasteiger partial charge on any atom is -0.478 e. The number of hydrogen-bond acceptors (Lipinski definition) is 4. The number of aliphatic carboxylic acids is 2. The molecular weight excluding hydrogens is 404 g/mol. The van der Waals surface area contributed by atoms with Gasteiger partial charge in [0.2, 0.25) is 0 Å². The van der Waals surface area contributed by atoms with Gasteiger partial charge in [-0.05, 0) is 56.2 Å². The summed E-state index contributed by atoms with van der Waals surface area (Å²) in [6.07, 6.45) is 5.52.